The zero-order chi connectivity index (χ0) is 12.6. The van der Waals surface area contributed by atoms with Crippen LogP contribution in [0.5, 0.6) is 0 Å². The SMILES string of the molecule is Cc1cc(C)cc(C(C)C2CC(=O)NC2=O)c1. The van der Waals surface area contributed by atoms with Gasteiger partial charge in [-0.15, -0.1) is 0 Å². The van der Waals surface area contributed by atoms with Crippen LogP contribution in [0.2, 0.25) is 0 Å². The first-order valence-corrected chi connectivity index (χ1v) is 5.89. The van der Waals surface area contributed by atoms with Crippen molar-refractivity contribution in [3.8, 4) is 0 Å². The van der Waals surface area contributed by atoms with E-state index in [1.54, 1.807) is 0 Å². The van der Waals surface area contributed by atoms with Gasteiger partial charge in [0.25, 0.3) is 0 Å². The topological polar surface area (TPSA) is 46.2 Å². The molecule has 90 valence electrons. The maximum Gasteiger partial charge on any atom is 0.230 e. The normalized spacial score (nSPS) is 21.5. The van der Waals surface area contributed by atoms with Gasteiger partial charge in [0.05, 0.1) is 5.92 Å². The maximum absolute atomic E-state index is 11.6. The molecule has 2 atom stereocenters. The summed E-state index contributed by atoms with van der Waals surface area (Å²) in [4.78, 5) is 22.8. The van der Waals surface area contributed by atoms with E-state index in [1.165, 1.54) is 11.1 Å². The van der Waals surface area contributed by atoms with Crippen molar-refractivity contribution in [2.24, 2.45) is 5.92 Å². The molecule has 2 rings (SSSR count). The molecule has 1 aliphatic heterocycles. The summed E-state index contributed by atoms with van der Waals surface area (Å²) in [7, 11) is 0. The number of imide groups is 1. The third-order valence-corrected chi connectivity index (χ3v) is 3.38. The third kappa shape index (κ3) is 2.38. The van der Waals surface area contributed by atoms with E-state index in [-0.39, 0.29) is 23.7 Å². The average molecular weight is 231 g/mol. The number of carbonyl (C=O) groups excluding carboxylic acids is 2. The molecule has 0 aromatic heterocycles. The molecular formula is C14H17NO2. The lowest BCUT2D eigenvalue weighted by Crippen LogP contribution is -2.24. The number of benzene rings is 1. The standard InChI is InChI=1S/C14H17NO2/c1-8-4-9(2)6-11(5-8)10(3)12-7-13(16)15-14(12)17/h4-6,10,12H,7H2,1-3H3,(H,15,16,17). The van der Waals surface area contributed by atoms with Gasteiger partial charge in [-0.25, -0.2) is 0 Å². The zero-order valence-corrected chi connectivity index (χ0v) is 10.4. The first-order chi connectivity index (χ1) is 7.97. The molecule has 2 amide bonds. The van der Waals surface area contributed by atoms with Gasteiger partial charge in [-0.2, -0.15) is 0 Å². The molecule has 0 bridgehead atoms. The molecule has 1 saturated heterocycles. The van der Waals surface area contributed by atoms with E-state index in [1.807, 2.05) is 20.8 Å². The number of carbonyl (C=O) groups is 2. The minimum absolute atomic E-state index is 0.0834. The summed E-state index contributed by atoms with van der Waals surface area (Å²) in [6.07, 6.45) is 0.312. The van der Waals surface area contributed by atoms with E-state index >= 15 is 0 Å². The van der Waals surface area contributed by atoms with Crippen LogP contribution in [0.3, 0.4) is 0 Å². The van der Waals surface area contributed by atoms with Crippen molar-refractivity contribution in [3.05, 3.63) is 34.9 Å². The van der Waals surface area contributed by atoms with Gasteiger partial charge in [-0.1, -0.05) is 36.2 Å². The summed E-state index contributed by atoms with van der Waals surface area (Å²) < 4.78 is 0. The Balaban J connectivity index is 2.27. The first kappa shape index (κ1) is 11.8. The highest BCUT2D eigenvalue weighted by molar-refractivity contribution is 6.03. The second kappa shape index (κ2) is 4.32. The van der Waals surface area contributed by atoms with Crippen LogP contribution < -0.4 is 5.32 Å². The van der Waals surface area contributed by atoms with Crippen molar-refractivity contribution < 1.29 is 9.59 Å². The van der Waals surface area contributed by atoms with Gasteiger partial charge in [0.2, 0.25) is 11.8 Å². The van der Waals surface area contributed by atoms with Gasteiger partial charge in [0.15, 0.2) is 0 Å². The fourth-order valence-corrected chi connectivity index (χ4v) is 2.48. The molecule has 1 aromatic rings. The molecule has 17 heavy (non-hydrogen) atoms. The highest BCUT2D eigenvalue weighted by atomic mass is 16.2. The van der Waals surface area contributed by atoms with Crippen molar-refractivity contribution >= 4 is 11.8 Å². The van der Waals surface area contributed by atoms with Gasteiger partial charge in [0, 0.05) is 6.42 Å². The Hall–Kier alpha value is -1.64. The van der Waals surface area contributed by atoms with Crippen LogP contribution in [0, 0.1) is 19.8 Å². The largest absolute Gasteiger partial charge is 0.296 e. The van der Waals surface area contributed by atoms with Gasteiger partial charge in [-0.3, -0.25) is 14.9 Å². The molecule has 1 aromatic carbocycles. The van der Waals surface area contributed by atoms with Crippen molar-refractivity contribution in [3.63, 3.8) is 0 Å². The van der Waals surface area contributed by atoms with Crippen LogP contribution in [-0.2, 0) is 9.59 Å². The van der Waals surface area contributed by atoms with E-state index in [0.717, 1.165) is 5.56 Å². The predicted molar refractivity (Wildman–Crippen MR) is 65.6 cm³/mol. The van der Waals surface area contributed by atoms with Crippen LogP contribution in [0.25, 0.3) is 0 Å². The molecule has 3 heteroatoms. The van der Waals surface area contributed by atoms with Crippen molar-refractivity contribution in [2.45, 2.75) is 33.1 Å². The fraction of sp³-hybridized carbons (Fsp3) is 0.429. The Morgan fingerprint density at radius 2 is 1.76 bits per heavy atom. The monoisotopic (exact) mass is 231 g/mol. The maximum atomic E-state index is 11.6. The van der Waals surface area contributed by atoms with Gasteiger partial charge in [0.1, 0.15) is 0 Å². The molecule has 0 spiro atoms. The summed E-state index contributed by atoms with van der Waals surface area (Å²) in [6, 6.07) is 6.29. The summed E-state index contributed by atoms with van der Waals surface area (Å²) >= 11 is 0. The van der Waals surface area contributed by atoms with E-state index in [2.05, 4.69) is 23.5 Å². The lowest BCUT2D eigenvalue weighted by molar-refractivity contribution is -0.126. The molecule has 1 aliphatic rings. The average Bonchev–Trinajstić information content (AvgIpc) is 2.55. The third-order valence-electron chi connectivity index (χ3n) is 3.38. The number of rotatable bonds is 2. The van der Waals surface area contributed by atoms with Crippen molar-refractivity contribution in [2.75, 3.05) is 0 Å². The highest BCUT2D eigenvalue weighted by Gasteiger charge is 2.35. The van der Waals surface area contributed by atoms with Crippen molar-refractivity contribution in [1.82, 2.24) is 5.32 Å². The van der Waals surface area contributed by atoms with E-state index in [0.29, 0.717) is 6.42 Å². The molecule has 3 nitrogen and oxygen atoms in total. The summed E-state index contributed by atoms with van der Waals surface area (Å²) in [5.74, 6) is -0.429. The van der Waals surface area contributed by atoms with Crippen LogP contribution in [0.15, 0.2) is 18.2 Å². The van der Waals surface area contributed by atoms with Crippen LogP contribution in [0.4, 0.5) is 0 Å². The van der Waals surface area contributed by atoms with Gasteiger partial charge >= 0.3 is 0 Å². The number of hydrogen-bond donors (Lipinski definition) is 1. The Kier molecular flexibility index (Phi) is 3.01. The van der Waals surface area contributed by atoms with E-state index < -0.39 is 0 Å². The molecule has 1 heterocycles. The van der Waals surface area contributed by atoms with Crippen molar-refractivity contribution in [1.29, 1.82) is 0 Å². The Morgan fingerprint density at radius 3 is 2.24 bits per heavy atom. The molecule has 0 radical (unpaired) electrons. The quantitative estimate of drug-likeness (QED) is 0.792. The van der Waals surface area contributed by atoms with E-state index in [4.69, 9.17) is 0 Å². The zero-order valence-electron chi connectivity index (χ0n) is 10.4. The Labute approximate surface area is 101 Å². The molecule has 1 fully saturated rings. The molecule has 1 N–H and O–H groups in total. The first-order valence-electron chi connectivity index (χ1n) is 5.89. The second-order valence-corrected chi connectivity index (χ2v) is 4.93. The van der Waals surface area contributed by atoms with Crippen LogP contribution in [0.1, 0.15) is 36.0 Å². The van der Waals surface area contributed by atoms with Gasteiger partial charge < -0.3 is 0 Å². The summed E-state index contributed by atoms with van der Waals surface area (Å²) in [6.45, 7) is 6.10. The predicted octanol–water partition coefficient (Wildman–Crippen LogP) is 2.07. The summed E-state index contributed by atoms with van der Waals surface area (Å²) in [5, 5.41) is 2.37. The lowest BCUT2D eigenvalue weighted by Gasteiger charge is -2.17. The molecule has 2 unspecified atom stereocenters. The summed E-state index contributed by atoms with van der Waals surface area (Å²) in [5.41, 5.74) is 3.52. The number of aryl methyl sites for hydroxylation is 2. The Morgan fingerprint density at radius 1 is 1.18 bits per heavy atom. The smallest absolute Gasteiger partial charge is 0.230 e. The van der Waals surface area contributed by atoms with Gasteiger partial charge in [-0.05, 0) is 25.3 Å². The second-order valence-electron chi connectivity index (χ2n) is 4.93. The van der Waals surface area contributed by atoms with Crippen LogP contribution in [-0.4, -0.2) is 11.8 Å². The Bertz CT molecular complexity index is 459. The lowest BCUT2D eigenvalue weighted by atomic mass is 9.85. The minimum atomic E-state index is -0.219. The van der Waals surface area contributed by atoms with E-state index in [9.17, 15) is 9.59 Å². The number of hydrogen-bond acceptors (Lipinski definition) is 2. The molecular weight excluding hydrogens is 214 g/mol. The number of nitrogens with one attached hydrogen (secondary N) is 1. The van der Waals surface area contributed by atoms with Crippen LogP contribution >= 0.6 is 0 Å². The molecule has 0 aliphatic carbocycles. The number of amides is 2. The highest BCUT2D eigenvalue weighted by Crippen LogP contribution is 2.30. The fourth-order valence-electron chi connectivity index (χ4n) is 2.48. The minimum Gasteiger partial charge on any atom is -0.296 e. The molecule has 0 saturated carbocycles.